The minimum Gasteiger partial charge on any atom is -0.480 e. The number of rotatable bonds is 5. The first-order chi connectivity index (χ1) is 11.5. The number of carboxylic acid groups (broad SMARTS) is 1. The number of carboxylic acids is 1. The fourth-order valence-corrected chi connectivity index (χ4v) is 3.78. The van der Waals surface area contributed by atoms with E-state index in [2.05, 4.69) is 10.3 Å². The molecule has 1 aliphatic carbocycles. The summed E-state index contributed by atoms with van der Waals surface area (Å²) in [6.45, 7) is 0. The smallest absolute Gasteiger partial charge is 0.329 e. The highest BCUT2D eigenvalue weighted by Gasteiger charge is 2.43. The maximum Gasteiger partial charge on any atom is 0.329 e. The molecule has 1 aromatic heterocycles. The van der Waals surface area contributed by atoms with E-state index < -0.39 is 17.4 Å². The van der Waals surface area contributed by atoms with Crippen molar-refractivity contribution in [3.8, 4) is 0 Å². The van der Waals surface area contributed by atoms with Gasteiger partial charge in [0.05, 0.1) is 5.01 Å². The molecule has 0 spiro atoms. The quantitative estimate of drug-likeness (QED) is 0.870. The minimum atomic E-state index is -1.18. The highest BCUT2D eigenvalue weighted by molar-refractivity contribution is 7.09. The Morgan fingerprint density at radius 1 is 1.33 bits per heavy atom. The van der Waals surface area contributed by atoms with Crippen LogP contribution in [0.5, 0.6) is 0 Å². The molecule has 0 radical (unpaired) electrons. The van der Waals surface area contributed by atoms with Crippen molar-refractivity contribution in [3.05, 3.63) is 51.7 Å². The Morgan fingerprint density at radius 2 is 2.08 bits per heavy atom. The molecule has 0 aliphatic heterocycles. The fraction of sp³-hybridized carbons (Fsp3) is 0.353. The maximum absolute atomic E-state index is 13.2. The first-order valence-electron chi connectivity index (χ1n) is 7.73. The standard InChI is InChI=1S/C17H17FN2O3S/c18-12-5-3-4-11(8-12)9-14-19-13(10-24-14)15(21)20-17(16(22)23)6-1-2-7-17/h3-5,8,10H,1-2,6-7,9H2,(H,20,21)(H,22,23). The van der Waals surface area contributed by atoms with E-state index in [4.69, 9.17) is 0 Å². The van der Waals surface area contributed by atoms with E-state index in [0.717, 1.165) is 18.4 Å². The van der Waals surface area contributed by atoms with E-state index in [-0.39, 0.29) is 11.5 Å². The zero-order chi connectivity index (χ0) is 17.2. The Bertz CT molecular complexity index is 769. The van der Waals surface area contributed by atoms with Crippen LogP contribution >= 0.6 is 11.3 Å². The summed E-state index contributed by atoms with van der Waals surface area (Å²) in [7, 11) is 0. The number of nitrogens with one attached hydrogen (secondary N) is 1. The van der Waals surface area contributed by atoms with Crippen LogP contribution in [0.1, 0.15) is 46.7 Å². The zero-order valence-corrected chi connectivity index (χ0v) is 13.7. The van der Waals surface area contributed by atoms with Crippen LogP contribution in [0.3, 0.4) is 0 Å². The van der Waals surface area contributed by atoms with E-state index in [1.165, 1.54) is 23.5 Å². The molecule has 1 fully saturated rings. The molecule has 0 bridgehead atoms. The third kappa shape index (κ3) is 3.46. The number of nitrogens with zero attached hydrogens (tertiary/aromatic N) is 1. The lowest BCUT2D eigenvalue weighted by molar-refractivity contribution is -0.144. The summed E-state index contributed by atoms with van der Waals surface area (Å²) in [6, 6.07) is 6.22. The van der Waals surface area contributed by atoms with Crippen molar-refractivity contribution in [1.29, 1.82) is 0 Å². The molecule has 2 aromatic rings. The van der Waals surface area contributed by atoms with Crippen LogP contribution in [0.25, 0.3) is 0 Å². The molecule has 0 atom stereocenters. The molecule has 1 aliphatic rings. The zero-order valence-electron chi connectivity index (χ0n) is 12.9. The van der Waals surface area contributed by atoms with Crippen LogP contribution < -0.4 is 5.32 Å². The number of hydrogen-bond donors (Lipinski definition) is 2. The number of hydrogen-bond acceptors (Lipinski definition) is 4. The fourth-order valence-electron chi connectivity index (χ4n) is 2.97. The van der Waals surface area contributed by atoms with Crippen LogP contribution in [0.2, 0.25) is 0 Å². The summed E-state index contributed by atoms with van der Waals surface area (Å²) in [6.07, 6.45) is 2.88. The lowest BCUT2D eigenvalue weighted by Gasteiger charge is -2.24. The lowest BCUT2D eigenvalue weighted by atomic mass is 9.98. The second-order valence-electron chi connectivity index (χ2n) is 5.98. The Kier molecular flexibility index (Phi) is 4.62. The highest BCUT2D eigenvalue weighted by Crippen LogP contribution is 2.30. The first kappa shape index (κ1) is 16.6. The van der Waals surface area contributed by atoms with Gasteiger partial charge in [0.15, 0.2) is 0 Å². The largest absolute Gasteiger partial charge is 0.480 e. The van der Waals surface area contributed by atoms with E-state index >= 15 is 0 Å². The number of thiazole rings is 1. The number of halogens is 1. The molecule has 1 aromatic carbocycles. The summed E-state index contributed by atoms with van der Waals surface area (Å²) >= 11 is 1.30. The molecule has 24 heavy (non-hydrogen) atoms. The van der Waals surface area contributed by atoms with Crippen molar-refractivity contribution in [1.82, 2.24) is 10.3 Å². The molecule has 0 unspecified atom stereocenters. The summed E-state index contributed by atoms with van der Waals surface area (Å²) in [5.74, 6) is -1.78. The molecule has 7 heteroatoms. The van der Waals surface area contributed by atoms with Gasteiger partial charge in [0.2, 0.25) is 0 Å². The molecule has 126 valence electrons. The summed E-state index contributed by atoms with van der Waals surface area (Å²) < 4.78 is 13.2. The van der Waals surface area contributed by atoms with Crippen molar-refractivity contribution in [3.63, 3.8) is 0 Å². The van der Waals surface area contributed by atoms with Crippen molar-refractivity contribution in [2.24, 2.45) is 0 Å². The number of amides is 1. The van der Waals surface area contributed by atoms with Crippen LogP contribution in [0, 0.1) is 5.82 Å². The van der Waals surface area contributed by atoms with Gasteiger partial charge in [0.1, 0.15) is 17.1 Å². The van der Waals surface area contributed by atoms with Crippen molar-refractivity contribution < 1.29 is 19.1 Å². The maximum atomic E-state index is 13.2. The van der Waals surface area contributed by atoms with Gasteiger partial charge in [-0.3, -0.25) is 4.79 Å². The van der Waals surface area contributed by atoms with Gasteiger partial charge in [-0.25, -0.2) is 14.2 Å². The molecular formula is C17H17FN2O3S. The average Bonchev–Trinajstić information content (AvgIpc) is 3.17. The summed E-state index contributed by atoms with van der Waals surface area (Å²) in [5, 5.41) is 14.3. The van der Waals surface area contributed by atoms with Crippen molar-refractivity contribution in [2.45, 2.75) is 37.6 Å². The number of aliphatic carboxylic acids is 1. The SMILES string of the molecule is O=C(NC1(C(=O)O)CCCC1)c1csc(Cc2cccc(F)c2)n1. The van der Waals surface area contributed by atoms with Gasteiger partial charge in [-0.05, 0) is 30.5 Å². The van der Waals surface area contributed by atoms with Crippen LogP contribution in [0.4, 0.5) is 4.39 Å². The minimum absolute atomic E-state index is 0.207. The normalized spacial score (nSPS) is 16.0. The second kappa shape index (κ2) is 6.68. The molecule has 2 N–H and O–H groups in total. The van der Waals surface area contributed by atoms with E-state index in [1.807, 2.05) is 0 Å². The Hall–Kier alpha value is -2.28. The van der Waals surface area contributed by atoms with Gasteiger partial charge in [0, 0.05) is 11.8 Å². The average molecular weight is 348 g/mol. The van der Waals surface area contributed by atoms with E-state index in [0.29, 0.717) is 24.3 Å². The van der Waals surface area contributed by atoms with Crippen LogP contribution in [0.15, 0.2) is 29.6 Å². The molecular weight excluding hydrogens is 331 g/mol. The van der Waals surface area contributed by atoms with Crippen molar-refractivity contribution >= 4 is 23.2 Å². The van der Waals surface area contributed by atoms with E-state index in [1.54, 1.807) is 17.5 Å². The number of carbonyl (C=O) groups excluding carboxylic acids is 1. The summed E-state index contributed by atoms with van der Waals surface area (Å²) in [5.41, 5.74) is -0.197. The number of aromatic nitrogens is 1. The third-order valence-electron chi connectivity index (χ3n) is 4.25. The van der Waals surface area contributed by atoms with Crippen LogP contribution in [-0.4, -0.2) is 27.5 Å². The third-order valence-corrected chi connectivity index (χ3v) is 5.10. The molecule has 1 amide bonds. The molecule has 1 heterocycles. The van der Waals surface area contributed by atoms with Gasteiger partial charge in [-0.15, -0.1) is 11.3 Å². The van der Waals surface area contributed by atoms with Gasteiger partial charge < -0.3 is 10.4 Å². The Morgan fingerprint density at radius 3 is 2.75 bits per heavy atom. The van der Waals surface area contributed by atoms with Gasteiger partial charge in [-0.1, -0.05) is 25.0 Å². The van der Waals surface area contributed by atoms with Gasteiger partial charge >= 0.3 is 5.97 Å². The van der Waals surface area contributed by atoms with Crippen LogP contribution in [-0.2, 0) is 11.2 Å². The molecule has 3 rings (SSSR count). The van der Waals surface area contributed by atoms with Gasteiger partial charge in [-0.2, -0.15) is 0 Å². The van der Waals surface area contributed by atoms with Gasteiger partial charge in [0.25, 0.3) is 5.91 Å². The molecule has 5 nitrogen and oxygen atoms in total. The van der Waals surface area contributed by atoms with E-state index in [9.17, 15) is 19.1 Å². The predicted molar refractivity (Wildman–Crippen MR) is 87.6 cm³/mol. The summed E-state index contributed by atoms with van der Waals surface area (Å²) in [4.78, 5) is 28.1. The van der Waals surface area contributed by atoms with Crippen molar-refractivity contribution in [2.75, 3.05) is 0 Å². The highest BCUT2D eigenvalue weighted by atomic mass is 32.1. The number of carbonyl (C=O) groups is 2. The Balaban J connectivity index is 1.70. The molecule has 0 saturated heterocycles. The predicted octanol–water partition coefficient (Wildman–Crippen LogP) is 3.00. The topological polar surface area (TPSA) is 79.3 Å². The number of benzene rings is 1. The lowest BCUT2D eigenvalue weighted by Crippen LogP contribution is -2.52. The monoisotopic (exact) mass is 348 g/mol. The Labute approximate surface area is 142 Å². The molecule has 1 saturated carbocycles. The first-order valence-corrected chi connectivity index (χ1v) is 8.61. The second-order valence-corrected chi connectivity index (χ2v) is 6.92.